The monoisotopic (exact) mass is 285 g/mol. The Kier molecular flexibility index (Phi) is 4.44. The molecular weight excluding hydrogens is 270 g/mol. The SMILES string of the molecule is CC(C)(C)NCC(=O)Nc1ccncc1Br. The van der Waals surface area contributed by atoms with Crippen LogP contribution in [0.4, 0.5) is 5.69 Å². The van der Waals surface area contributed by atoms with Crippen molar-refractivity contribution in [1.29, 1.82) is 0 Å². The number of anilines is 1. The highest BCUT2D eigenvalue weighted by Gasteiger charge is 2.11. The molecule has 0 aliphatic heterocycles. The van der Waals surface area contributed by atoms with Crippen molar-refractivity contribution in [1.82, 2.24) is 10.3 Å². The number of aromatic nitrogens is 1. The predicted molar refractivity (Wildman–Crippen MR) is 68.3 cm³/mol. The molecule has 0 atom stereocenters. The van der Waals surface area contributed by atoms with Gasteiger partial charge in [-0.1, -0.05) is 0 Å². The zero-order valence-electron chi connectivity index (χ0n) is 9.67. The third kappa shape index (κ3) is 4.72. The maximum absolute atomic E-state index is 11.6. The van der Waals surface area contributed by atoms with Gasteiger partial charge >= 0.3 is 0 Å². The van der Waals surface area contributed by atoms with Crippen molar-refractivity contribution < 1.29 is 4.79 Å². The Morgan fingerprint density at radius 3 is 2.75 bits per heavy atom. The standard InChI is InChI=1S/C11H16BrN3O/c1-11(2,3)14-7-10(16)15-9-4-5-13-6-8(9)12/h4-6,14H,7H2,1-3H3,(H,13,15,16). The molecule has 16 heavy (non-hydrogen) atoms. The van der Waals surface area contributed by atoms with E-state index in [1.807, 2.05) is 20.8 Å². The first kappa shape index (κ1) is 13.1. The summed E-state index contributed by atoms with van der Waals surface area (Å²) in [4.78, 5) is 15.5. The molecule has 5 heteroatoms. The van der Waals surface area contributed by atoms with Crippen LogP contribution in [0, 0.1) is 0 Å². The maximum Gasteiger partial charge on any atom is 0.238 e. The van der Waals surface area contributed by atoms with Gasteiger partial charge in [0.15, 0.2) is 0 Å². The molecule has 1 aromatic rings. The van der Waals surface area contributed by atoms with Gasteiger partial charge in [-0.2, -0.15) is 0 Å². The van der Waals surface area contributed by atoms with Gasteiger partial charge in [-0.15, -0.1) is 0 Å². The number of rotatable bonds is 3. The number of carbonyl (C=O) groups excluding carboxylic acids is 1. The Bertz CT molecular complexity index is 374. The Balaban J connectivity index is 2.50. The second kappa shape index (κ2) is 5.41. The van der Waals surface area contributed by atoms with Crippen LogP contribution in [0.3, 0.4) is 0 Å². The van der Waals surface area contributed by atoms with Crippen LogP contribution in [0.5, 0.6) is 0 Å². The highest BCUT2D eigenvalue weighted by molar-refractivity contribution is 9.10. The van der Waals surface area contributed by atoms with E-state index in [0.717, 1.165) is 10.2 Å². The van der Waals surface area contributed by atoms with Crippen molar-refractivity contribution in [2.24, 2.45) is 0 Å². The quantitative estimate of drug-likeness (QED) is 0.895. The summed E-state index contributed by atoms with van der Waals surface area (Å²) in [6.45, 7) is 6.34. The molecule has 88 valence electrons. The average Bonchev–Trinajstić information content (AvgIpc) is 2.18. The molecule has 0 aliphatic carbocycles. The van der Waals surface area contributed by atoms with E-state index < -0.39 is 0 Å². The van der Waals surface area contributed by atoms with Crippen LogP contribution < -0.4 is 10.6 Å². The van der Waals surface area contributed by atoms with Crippen LogP contribution in [0.1, 0.15) is 20.8 Å². The molecule has 0 spiro atoms. The molecule has 2 N–H and O–H groups in total. The molecule has 0 fully saturated rings. The van der Waals surface area contributed by atoms with E-state index in [9.17, 15) is 4.79 Å². The average molecular weight is 286 g/mol. The lowest BCUT2D eigenvalue weighted by Crippen LogP contribution is -2.41. The van der Waals surface area contributed by atoms with E-state index in [1.54, 1.807) is 18.5 Å². The van der Waals surface area contributed by atoms with E-state index in [-0.39, 0.29) is 18.0 Å². The molecule has 1 amide bonds. The number of nitrogens with zero attached hydrogens (tertiary/aromatic N) is 1. The summed E-state index contributed by atoms with van der Waals surface area (Å²) in [6, 6.07) is 1.75. The molecule has 1 heterocycles. The normalized spacial score (nSPS) is 11.2. The summed E-state index contributed by atoms with van der Waals surface area (Å²) >= 11 is 3.32. The fourth-order valence-corrected chi connectivity index (χ4v) is 1.37. The van der Waals surface area contributed by atoms with E-state index in [0.29, 0.717) is 0 Å². The summed E-state index contributed by atoms with van der Waals surface area (Å²) in [5.74, 6) is -0.0678. The van der Waals surface area contributed by atoms with Crippen LogP contribution in [-0.4, -0.2) is 23.0 Å². The number of hydrogen-bond donors (Lipinski definition) is 2. The van der Waals surface area contributed by atoms with E-state index in [2.05, 4.69) is 31.5 Å². The first-order valence-corrected chi connectivity index (χ1v) is 5.82. The third-order valence-corrected chi connectivity index (χ3v) is 2.46. The molecule has 0 saturated heterocycles. The van der Waals surface area contributed by atoms with Gasteiger partial charge in [0, 0.05) is 17.9 Å². The third-order valence-electron chi connectivity index (χ3n) is 1.83. The minimum absolute atomic E-state index is 0.0627. The maximum atomic E-state index is 11.6. The lowest BCUT2D eigenvalue weighted by molar-refractivity contribution is -0.115. The zero-order valence-corrected chi connectivity index (χ0v) is 11.3. The highest BCUT2D eigenvalue weighted by Crippen LogP contribution is 2.19. The smallest absolute Gasteiger partial charge is 0.238 e. The fourth-order valence-electron chi connectivity index (χ4n) is 1.02. The van der Waals surface area contributed by atoms with Crippen molar-refractivity contribution >= 4 is 27.5 Å². The number of pyridine rings is 1. The Hall–Kier alpha value is -0.940. The topological polar surface area (TPSA) is 54.0 Å². The van der Waals surface area contributed by atoms with Gasteiger partial charge < -0.3 is 10.6 Å². The van der Waals surface area contributed by atoms with Crippen molar-refractivity contribution in [2.45, 2.75) is 26.3 Å². The first-order chi connectivity index (χ1) is 7.38. The van der Waals surface area contributed by atoms with Gasteiger partial charge in [0.2, 0.25) is 5.91 Å². The van der Waals surface area contributed by atoms with E-state index in [1.165, 1.54) is 0 Å². The minimum atomic E-state index is -0.0678. The van der Waals surface area contributed by atoms with Gasteiger partial charge in [-0.25, -0.2) is 0 Å². The lowest BCUT2D eigenvalue weighted by Gasteiger charge is -2.20. The van der Waals surface area contributed by atoms with Gasteiger partial charge in [0.1, 0.15) is 0 Å². The zero-order chi connectivity index (χ0) is 12.2. The number of nitrogens with one attached hydrogen (secondary N) is 2. The molecular formula is C11H16BrN3O. The molecule has 0 bridgehead atoms. The van der Waals surface area contributed by atoms with Crippen molar-refractivity contribution in [3.05, 3.63) is 22.9 Å². The molecule has 0 aliphatic rings. The largest absolute Gasteiger partial charge is 0.324 e. The van der Waals surface area contributed by atoms with Crippen LogP contribution >= 0.6 is 15.9 Å². The second-order valence-corrected chi connectivity index (χ2v) is 5.36. The Morgan fingerprint density at radius 2 is 2.19 bits per heavy atom. The number of halogens is 1. The summed E-state index contributed by atoms with van der Waals surface area (Å²) in [5.41, 5.74) is 0.669. The van der Waals surface area contributed by atoms with E-state index in [4.69, 9.17) is 0 Å². The minimum Gasteiger partial charge on any atom is -0.324 e. The Labute approximate surface area is 104 Å². The first-order valence-electron chi connectivity index (χ1n) is 5.03. The molecule has 0 saturated carbocycles. The highest BCUT2D eigenvalue weighted by atomic mass is 79.9. The molecule has 0 radical (unpaired) electrons. The molecule has 1 rings (SSSR count). The lowest BCUT2D eigenvalue weighted by atomic mass is 10.1. The predicted octanol–water partition coefficient (Wildman–Crippen LogP) is 2.17. The summed E-state index contributed by atoms with van der Waals surface area (Å²) < 4.78 is 0.777. The van der Waals surface area contributed by atoms with E-state index >= 15 is 0 Å². The van der Waals surface area contributed by atoms with Crippen LogP contribution in [0.25, 0.3) is 0 Å². The van der Waals surface area contributed by atoms with Crippen LogP contribution in [0.2, 0.25) is 0 Å². The van der Waals surface area contributed by atoms with Crippen molar-refractivity contribution in [3.63, 3.8) is 0 Å². The van der Waals surface area contributed by atoms with Gasteiger partial charge in [-0.05, 0) is 42.8 Å². The summed E-state index contributed by atoms with van der Waals surface area (Å²) in [7, 11) is 0. The van der Waals surface area contributed by atoms with Crippen LogP contribution in [0.15, 0.2) is 22.9 Å². The van der Waals surface area contributed by atoms with Gasteiger partial charge in [0.05, 0.1) is 16.7 Å². The van der Waals surface area contributed by atoms with Crippen molar-refractivity contribution in [2.75, 3.05) is 11.9 Å². The number of amides is 1. The molecule has 0 unspecified atom stereocenters. The summed E-state index contributed by atoms with van der Waals surface area (Å²) in [6.07, 6.45) is 3.28. The molecule has 0 aromatic carbocycles. The van der Waals surface area contributed by atoms with Gasteiger partial charge in [0.25, 0.3) is 0 Å². The molecule has 1 aromatic heterocycles. The Morgan fingerprint density at radius 1 is 1.50 bits per heavy atom. The van der Waals surface area contributed by atoms with Crippen molar-refractivity contribution in [3.8, 4) is 0 Å². The number of carbonyl (C=O) groups is 1. The number of hydrogen-bond acceptors (Lipinski definition) is 3. The molecule has 4 nitrogen and oxygen atoms in total. The second-order valence-electron chi connectivity index (χ2n) is 4.51. The summed E-state index contributed by atoms with van der Waals surface area (Å²) in [5, 5.41) is 5.91. The van der Waals surface area contributed by atoms with Crippen LogP contribution in [-0.2, 0) is 4.79 Å². The van der Waals surface area contributed by atoms with Gasteiger partial charge in [-0.3, -0.25) is 9.78 Å². The fraction of sp³-hybridized carbons (Fsp3) is 0.455.